The summed E-state index contributed by atoms with van der Waals surface area (Å²) in [5, 5.41) is 6.84. The van der Waals surface area contributed by atoms with Crippen LogP contribution in [0.2, 0.25) is 0 Å². The minimum atomic E-state index is -0.408. The third-order valence-electron chi connectivity index (χ3n) is 6.06. The molecular formula is C28H36N2O2S. The van der Waals surface area contributed by atoms with Crippen molar-refractivity contribution in [2.45, 2.75) is 64.6 Å². The molecule has 2 aromatic carbocycles. The van der Waals surface area contributed by atoms with E-state index in [1.807, 2.05) is 60.7 Å². The predicted octanol–water partition coefficient (Wildman–Crippen LogP) is 5.66. The summed E-state index contributed by atoms with van der Waals surface area (Å²) < 4.78 is 0. The van der Waals surface area contributed by atoms with Crippen molar-refractivity contribution in [2.24, 2.45) is 5.92 Å². The molecule has 3 unspecified atom stereocenters. The van der Waals surface area contributed by atoms with E-state index >= 15 is 0 Å². The Kier molecular flexibility index (Phi) is 9.76. The highest BCUT2D eigenvalue weighted by Crippen LogP contribution is 2.25. The van der Waals surface area contributed by atoms with Gasteiger partial charge in [0.25, 0.3) is 0 Å². The van der Waals surface area contributed by atoms with Gasteiger partial charge in [-0.2, -0.15) is 0 Å². The molecule has 0 spiro atoms. The third kappa shape index (κ3) is 7.86. The molecule has 33 heavy (non-hydrogen) atoms. The first-order chi connectivity index (χ1) is 15.9. The van der Waals surface area contributed by atoms with Crippen LogP contribution in [0.1, 0.15) is 63.6 Å². The van der Waals surface area contributed by atoms with E-state index < -0.39 is 6.04 Å². The molecular weight excluding hydrogens is 428 g/mol. The number of benzene rings is 2. The maximum absolute atomic E-state index is 13.6. The molecule has 2 N–H and O–H groups in total. The van der Waals surface area contributed by atoms with E-state index in [0.29, 0.717) is 12.3 Å². The zero-order valence-electron chi connectivity index (χ0n) is 19.9. The molecule has 4 nitrogen and oxygen atoms in total. The largest absolute Gasteiger partial charge is 0.344 e. The lowest BCUT2D eigenvalue weighted by Crippen LogP contribution is -2.51. The van der Waals surface area contributed by atoms with Gasteiger partial charge in [-0.1, -0.05) is 91.0 Å². The SMILES string of the molecule is CC(C)=CCCC(C)CC(NC1CCSC1=O)C(=O)NC(c1ccccc1)c1ccccc1. The monoisotopic (exact) mass is 464 g/mol. The molecule has 176 valence electrons. The van der Waals surface area contributed by atoms with Gasteiger partial charge < -0.3 is 5.32 Å². The van der Waals surface area contributed by atoms with Crippen LogP contribution in [0, 0.1) is 5.92 Å². The van der Waals surface area contributed by atoms with Gasteiger partial charge in [0, 0.05) is 5.75 Å². The number of nitrogens with one attached hydrogen (secondary N) is 2. The molecule has 1 saturated heterocycles. The van der Waals surface area contributed by atoms with Gasteiger partial charge in [0.1, 0.15) is 0 Å². The van der Waals surface area contributed by atoms with Gasteiger partial charge >= 0.3 is 0 Å². The second-order valence-corrected chi connectivity index (χ2v) is 10.3. The Hall–Kier alpha value is -2.37. The van der Waals surface area contributed by atoms with E-state index in [2.05, 4.69) is 37.5 Å². The predicted molar refractivity (Wildman–Crippen MR) is 138 cm³/mol. The lowest BCUT2D eigenvalue weighted by atomic mass is 9.94. The first-order valence-electron chi connectivity index (χ1n) is 11.9. The van der Waals surface area contributed by atoms with Crippen LogP contribution in [-0.4, -0.2) is 28.9 Å². The lowest BCUT2D eigenvalue weighted by Gasteiger charge is -2.27. The van der Waals surface area contributed by atoms with Crippen molar-refractivity contribution in [1.29, 1.82) is 0 Å². The van der Waals surface area contributed by atoms with Gasteiger partial charge in [0.2, 0.25) is 11.0 Å². The molecule has 3 rings (SSSR count). The number of amides is 1. The summed E-state index contributed by atoms with van der Waals surface area (Å²) in [7, 11) is 0. The average Bonchev–Trinajstić information content (AvgIpc) is 3.22. The van der Waals surface area contributed by atoms with Crippen LogP contribution in [0.25, 0.3) is 0 Å². The van der Waals surface area contributed by atoms with Gasteiger partial charge in [-0.25, -0.2) is 0 Å². The summed E-state index contributed by atoms with van der Waals surface area (Å²) in [5.74, 6) is 1.13. The Morgan fingerprint density at radius 2 is 1.67 bits per heavy atom. The molecule has 0 bridgehead atoms. The molecule has 5 heteroatoms. The molecule has 1 fully saturated rings. The van der Waals surface area contributed by atoms with Crippen molar-refractivity contribution < 1.29 is 9.59 Å². The molecule has 0 radical (unpaired) electrons. The highest BCUT2D eigenvalue weighted by Gasteiger charge is 2.32. The minimum absolute atomic E-state index is 0.0496. The molecule has 2 aromatic rings. The zero-order chi connectivity index (χ0) is 23.6. The Morgan fingerprint density at radius 3 is 2.18 bits per heavy atom. The summed E-state index contributed by atoms with van der Waals surface area (Å²) in [6.07, 6.45) is 5.75. The fourth-order valence-electron chi connectivity index (χ4n) is 4.21. The van der Waals surface area contributed by atoms with Crippen molar-refractivity contribution in [2.75, 3.05) is 5.75 Å². The summed E-state index contributed by atoms with van der Waals surface area (Å²) in [4.78, 5) is 25.9. The first kappa shape index (κ1) is 25.3. The van der Waals surface area contributed by atoms with Gasteiger partial charge in [-0.05, 0) is 56.6 Å². The second kappa shape index (κ2) is 12.8. The van der Waals surface area contributed by atoms with Crippen LogP contribution in [0.15, 0.2) is 72.3 Å². The number of hydrogen-bond donors (Lipinski definition) is 2. The van der Waals surface area contributed by atoms with E-state index in [1.54, 1.807) is 0 Å². The molecule has 0 aliphatic carbocycles. The molecule has 3 atom stereocenters. The Morgan fingerprint density at radius 1 is 1.06 bits per heavy atom. The molecule has 1 aliphatic heterocycles. The maximum Gasteiger partial charge on any atom is 0.237 e. The second-order valence-electron chi connectivity index (χ2n) is 9.19. The van der Waals surface area contributed by atoms with Gasteiger partial charge in [0.15, 0.2) is 0 Å². The molecule has 0 saturated carbocycles. The molecule has 1 amide bonds. The van der Waals surface area contributed by atoms with Crippen molar-refractivity contribution in [3.8, 4) is 0 Å². The van der Waals surface area contributed by atoms with Gasteiger partial charge in [-0.3, -0.25) is 14.9 Å². The first-order valence-corrected chi connectivity index (χ1v) is 12.9. The van der Waals surface area contributed by atoms with Crippen LogP contribution < -0.4 is 10.6 Å². The zero-order valence-corrected chi connectivity index (χ0v) is 20.7. The van der Waals surface area contributed by atoms with Crippen LogP contribution >= 0.6 is 11.8 Å². The van der Waals surface area contributed by atoms with Gasteiger partial charge in [-0.15, -0.1) is 0 Å². The van der Waals surface area contributed by atoms with E-state index in [0.717, 1.165) is 36.1 Å². The quantitative estimate of drug-likeness (QED) is 0.422. The topological polar surface area (TPSA) is 58.2 Å². The minimum Gasteiger partial charge on any atom is -0.344 e. The fraction of sp³-hybridized carbons (Fsp3) is 0.429. The Bertz CT molecular complexity index is 886. The number of carbonyl (C=O) groups is 2. The maximum atomic E-state index is 13.6. The van der Waals surface area contributed by atoms with Gasteiger partial charge in [0.05, 0.1) is 18.1 Å². The highest BCUT2D eigenvalue weighted by molar-refractivity contribution is 8.14. The van der Waals surface area contributed by atoms with E-state index in [9.17, 15) is 9.59 Å². The Balaban J connectivity index is 1.77. The van der Waals surface area contributed by atoms with Crippen molar-refractivity contribution in [3.05, 3.63) is 83.4 Å². The number of rotatable bonds is 11. The molecule has 1 aliphatic rings. The van der Waals surface area contributed by atoms with Crippen LogP contribution in [0.3, 0.4) is 0 Å². The van der Waals surface area contributed by atoms with E-state index in [4.69, 9.17) is 0 Å². The summed E-state index contributed by atoms with van der Waals surface area (Å²) in [5.41, 5.74) is 3.40. The van der Waals surface area contributed by atoms with Crippen molar-refractivity contribution in [3.63, 3.8) is 0 Å². The lowest BCUT2D eigenvalue weighted by molar-refractivity contribution is -0.124. The summed E-state index contributed by atoms with van der Waals surface area (Å²) in [6, 6.07) is 19.2. The Labute approximate surface area is 202 Å². The normalized spacial score (nSPS) is 17.6. The van der Waals surface area contributed by atoms with Crippen molar-refractivity contribution >= 4 is 22.8 Å². The van der Waals surface area contributed by atoms with E-state index in [-0.39, 0.29) is 23.1 Å². The van der Waals surface area contributed by atoms with Crippen molar-refractivity contribution in [1.82, 2.24) is 10.6 Å². The summed E-state index contributed by atoms with van der Waals surface area (Å²) in [6.45, 7) is 6.41. The number of hydrogen-bond acceptors (Lipinski definition) is 4. The average molecular weight is 465 g/mol. The van der Waals surface area contributed by atoms with Crippen LogP contribution in [0.4, 0.5) is 0 Å². The summed E-state index contributed by atoms with van der Waals surface area (Å²) >= 11 is 1.36. The number of thioether (sulfide) groups is 1. The highest BCUT2D eigenvalue weighted by atomic mass is 32.2. The molecule has 0 aromatic heterocycles. The number of allylic oxidation sites excluding steroid dienone is 2. The molecule has 1 heterocycles. The van der Waals surface area contributed by atoms with Crippen LogP contribution in [0.5, 0.6) is 0 Å². The van der Waals surface area contributed by atoms with E-state index in [1.165, 1.54) is 17.3 Å². The third-order valence-corrected chi connectivity index (χ3v) is 7.07. The standard InChI is InChI=1S/C28H36N2O2S/c1-20(2)11-10-12-21(3)19-25(29-24-17-18-33-28(24)32)27(31)30-26(22-13-6-4-7-14-22)23-15-8-5-9-16-23/h4-9,11,13-16,21,24-26,29H,10,12,17-19H2,1-3H3,(H,30,31). The van der Waals surface area contributed by atoms with Crippen LogP contribution in [-0.2, 0) is 9.59 Å². The number of carbonyl (C=O) groups excluding carboxylic acids is 2. The fourth-order valence-corrected chi connectivity index (χ4v) is 5.15. The smallest absolute Gasteiger partial charge is 0.237 e.